The first kappa shape index (κ1) is 51.7. The molecule has 0 aromatic carbocycles. The molecule has 0 radical (unpaired) electrons. The van der Waals surface area contributed by atoms with Gasteiger partial charge >= 0.3 is 0 Å². The fraction of sp³-hybridized carbons (Fsp3) is 1.00. The third kappa shape index (κ3) is 13.3. The van der Waals surface area contributed by atoms with Crippen LogP contribution in [0.4, 0.5) is 0 Å². The first-order valence-electron chi connectivity index (χ1n) is 20.9. The summed E-state index contributed by atoms with van der Waals surface area (Å²) in [5, 5.41) is 84.8. The monoisotopic (exact) mass is 873 g/mol. The van der Waals surface area contributed by atoms with Crippen LogP contribution in [0, 0.1) is 0 Å². The molecule has 60 heavy (non-hydrogen) atoms. The molecule has 0 bridgehead atoms. The fourth-order valence-corrected chi connectivity index (χ4v) is 8.35. The van der Waals surface area contributed by atoms with Gasteiger partial charge in [-0.3, -0.25) is 0 Å². The molecule has 0 spiro atoms. The second kappa shape index (κ2) is 23.8. The molecule has 2 saturated carbocycles. The van der Waals surface area contributed by atoms with Crippen molar-refractivity contribution in [3.05, 3.63) is 0 Å². The molecule has 0 aromatic rings. The summed E-state index contributed by atoms with van der Waals surface area (Å²) < 4.78 is 35.5. The maximum absolute atomic E-state index is 10.9. The van der Waals surface area contributed by atoms with E-state index in [1.54, 1.807) is 0 Å². The highest BCUT2D eigenvalue weighted by Gasteiger charge is 2.50. The van der Waals surface area contributed by atoms with Crippen molar-refractivity contribution in [1.29, 1.82) is 0 Å². The molecule has 24 N–H and O–H groups in total. The summed E-state index contributed by atoms with van der Waals surface area (Å²) in [4.78, 5) is 3.86. The fourth-order valence-electron chi connectivity index (χ4n) is 8.35. The maximum atomic E-state index is 10.9. The van der Waals surface area contributed by atoms with Gasteiger partial charge in [-0.25, -0.2) is 0 Å². The first-order chi connectivity index (χ1) is 28.3. The highest BCUT2D eigenvalue weighted by atomic mass is 16.7. The second-order valence-corrected chi connectivity index (χ2v) is 17.1. The SMILES string of the molecule is CN(CCCCN(C)C[C@H](O)COC1C(O)C(N)CC(N)C1OC1OC(CN)C(O)C(O)C1N)C[C@H](O)COC1C(O)C(N)CC(N)C1OC1OC(CN)C(O)C(O)C1N. The Morgan fingerprint density at radius 3 is 1.22 bits per heavy atom. The van der Waals surface area contributed by atoms with Gasteiger partial charge in [-0.2, -0.15) is 0 Å². The highest BCUT2D eigenvalue weighted by Crippen LogP contribution is 2.30. The number of nitrogens with zero attached hydrogens (tertiary/aromatic N) is 2. The predicted molar refractivity (Wildman–Crippen MR) is 214 cm³/mol. The van der Waals surface area contributed by atoms with Crippen LogP contribution in [-0.2, 0) is 28.4 Å². The first-order valence-corrected chi connectivity index (χ1v) is 20.9. The van der Waals surface area contributed by atoms with Gasteiger partial charge in [0.05, 0.1) is 49.7 Å². The van der Waals surface area contributed by atoms with Crippen LogP contribution in [0.1, 0.15) is 25.7 Å². The van der Waals surface area contributed by atoms with Crippen LogP contribution in [0.5, 0.6) is 0 Å². The van der Waals surface area contributed by atoms with Crippen LogP contribution in [0.2, 0.25) is 0 Å². The molecule has 24 heteroatoms. The summed E-state index contributed by atoms with van der Waals surface area (Å²) in [6.07, 6.45) is -16.1. The number of rotatable bonds is 21. The Morgan fingerprint density at radius 1 is 0.533 bits per heavy atom. The zero-order valence-corrected chi connectivity index (χ0v) is 34.7. The maximum Gasteiger partial charge on any atom is 0.176 e. The van der Waals surface area contributed by atoms with Crippen molar-refractivity contribution < 1.29 is 69.3 Å². The number of hydrogen-bond acceptors (Lipinski definition) is 24. The Bertz CT molecular complexity index is 1160. The molecule has 2 aliphatic carbocycles. The summed E-state index contributed by atoms with van der Waals surface area (Å²) in [6, 6.07) is -5.13. The second-order valence-electron chi connectivity index (χ2n) is 17.1. The van der Waals surface area contributed by atoms with E-state index < -0.39 is 134 Å². The molecular formula is C36H76N10O14. The van der Waals surface area contributed by atoms with Crippen molar-refractivity contribution in [3.63, 3.8) is 0 Å². The van der Waals surface area contributed by atoms with Gasteiger partial charge in [-0.05, 0) is 52.9 Å². The molecule has 4 rings (SSSR count). The minimum atomic E-state index is -1.38. The van der Waals surface area contributed by atoms with Gasteiger partial charge in [0.1, 0.15) is 61.0 Å². The Labute approximate surface area is 351 Å². The number of hydrogen-bond donors (Lipinski definition) is 16. The Hall–Kier alpha value is -0.960. The van der Waals surface area contributed by atoms with Crippen LogP contribution in [-0.4, -0.2) is 252 Å². The number of ether oxygens (including phenoxy) is 6. The van der Waals surface area contributed by atoms with Crippen LogP contribution in [0.25, 0.3) is 0 Å². The summed E-state index contributed by atoms with van der Waals surface area (Å²) >= 11 is 0. The molecule has 4 aliphatic rings. The van der Waals surface area contributed by atoms with Crippen LogP contribution < -0.4 is 45.9 Å². The Kier molecular flexibility index (Phi) is 20.5. The standard InChI is InChI=1S/C36H76N10O14/c1-45(11-15(47)13-55-33-25(49)17(39)7-19(41)31(33)59-35-23(43)29(53)27(51)21(9-37)57-35)5-3-4-6-46(2)12-16(48)14-56-34-26(50)18(40)8-20(42)32(34)60-36-24(44)30(54)28(52)22(10-38)58-36/h15-36,47-54H,3-14,37-44H2,1-2H3/t15-,16-,17?,18?,19?,20?,21?,22?,23?,24?,25?,26?,27?,28?,29?,30?,31?,32?,33?,34?,35?,36?/m0/s1. The lowest BCUT2D eigenvalue weighted by molar-refractivity contribution is -0.292. The molecule has 2 saturated heterocycles. The number of unbranched alkanes of at least 4 members (excludes halogenated alkanes) is 1. The smallest absolute Gasteiger partial charge is 0.176 e. The van der Waals surface area contributed by atoms with Crippen molar-refractivity contribution in [2.45, 2.75) is 160 Å². The minimum absolute atomic E-state index is 0.103. The lowest BCUT2D eigenvalue weighted by Crippen LogP contribution is -2.68. The van der Waals surface area contributed by atoms with Gasteiger partial charge in [0, 0.05) is 50.3 Å². The van der Waals surface area contributed by atoms with Gasteiger partial charge < -0.3 is 125 Å². The number of nitrogens with two attached hydrogens (primary N) is 8. The average Bonchev–Trinajstić information content (AvgIpc) is 3.20. The zero-order valence-electron chi connectivity index (χ0n) is 34.7. The van der Waals surface area contributed by atoms with E-state index in [9.17, 15) is 40.9 Å². The molecule has 2 aliphatic heterocycles. The van der Waals surface area contributed by atoms with E-state index in [-0.39, 0.29) is 52.2 Å². The third-order valence-corrected chi connectivity index (χ3v) is 12.0. The van der Waals surface area contributed by atoms with E-state index in [4.69, 9.17) is 74.3 Å². The lowest BCUT2D eigenvalue weighted by Gasteiger charge is -2.47. The van der Waals surface area contributed by atoms with Crippen molar-refractivity contribution in [2.75, 3.05) is 66.6 Å². The molecule has 20 unspecified atom stereocenters. The quantitative estimate of drug-likeness (QED) is 0.0476. The summed E-state index contributed by atoms with van der Waals surface area (Å²) in [5.74, 6) is 0. The zero-order chi connectivity index (χ0) is 44.6. The normalized spacial score (nSPS) is 44.0. The van der Waals surface area contributed by atoms with Gasteiger partial charge in [0.2, 0.25) is 0 Å². The summed E-state index contributed by atoms with van der Waals surface area (Å²) in [7, 11) is 3.70. The lowest BCUT2D eigenvalue weighted by atomic mass is 9.84. The molecule has 0 aromatic heterocycles. The van der Waals surface area contributed by atoms with E-state index in [2.05, 4.69) is 0 Å². The van der Waals surface area contributed by atoms with E-state index in [1.807, 2.05) is 23.9 Å². The van der Waals surface area contributed by atoms with Crippen molar-refractivity contribution in [1.82, 2.24) is 9.80 Å². The molecule has 2 heterocycles. The van der Waals surface area contributed by atoms with E-state index in [0.717, 1.165) is 12.8 Å². The Balaban J connectivity index is 1.18. The van der Waals surface area contributed by atoms with Gasteiger partial charge in [-0.1, -0.05) is 0 Å². The van der Waals surface area contributed by atoms with Crippen LogP contribution in [0.3, 0.4) is 0 Å². The average molecular weight is 873 g/mol. The molecule has 24 nitrogen and oxygen atoms in total. The van der Waals surface area contributed by atoms with Crippen molar-refractivity contribution in [3.8, 4) is 0 Å². The van der Waals surface area contributed by atoms with Crippen molar-refractivity contribution in [2.24, 2.45) is 45.9 Å². The topological polar surface area (TPSA) is 432 Å². The molecule has 0 amide bonds. The highest BCUT2D eigenvalue weighted by molar-refractivity contribution is 5.02. The summed E-state index contributed by atoms with van der Waals surface area (Å²) in [6.45, 7) is 1.21. The summed E-state index contributed by atoms with van der Waals surface area (Å²) in [5.41, 5.74) is 48.5. The molecule has 354 valence electrons. The van der Waals surface area contributed by atoms with Crippen LogP contribution >= 0.6 is 0 Å². The number of aliphatic hydroxyl groups is 8. The number of likely N-dealkylation sites (N-methyl/N-ethyl adjacent to an activating group) is 2. The van der Waals surface area contributed by atoms with E-state index in [0.29, 0.717) is 13.1 Å². The Morgan fingerprint density at radius 2 is 0.883 bits per heavy atom. The predicted octanol–water partition coefficient (Wildman–Crippen LogP) is -9.80. The molecular weight excluding hydrogens is 796 g/mol. The third-order valence-electron chi connectivity index (χ3n) is 12.0. The minimum Gasteiger partial charge on any atom is -0.389 e. The molecule has 22 atom stereocenters. The van der Waals surface area contributed by atoms with Gasteiger partial charge in [0.25, 0.3) is 0 Å². The molecule has 4 fully saturated rings. The number of aliphatic hydroxyl groups excluding tert-OH is 8. The largest absolute Gasteiger partial charge is 0.389 e. The van der Waals surface area contributed by atoms with Crippen molar-refractivity contribution >= 4 is 0 Å². The van der Waals surface area contributed by atoms with E-state index in [1.165, 1.54) is 0 Å². The van der Waals surface area contributed by atoms with Crippen LogP contribution in [0.15, 0.2) is 0 Å². The van der Waals surface area contributed by atoms with Gasteiger partial charge in [0.15, 0.2) is 12.6 Å². The van der Waals surface area contributed by atoms with Gasteiger partial charge in [-0.15, -0.1) is 0 Å². The van der Waals surface area contributed by atoms with E-state index >= 15 is 0 Å².